The van der Waals surface area contributed by atoms with Gasteiger partial charge < -0.3 is 15.8 Å². The zero-order chi connectivity index (χ0) is 15.5. The Morgan fingerprint density at radius 3 is 2.38 bits per heavy atom. The Balaban J connectivity index is 2.08. The second-order valence-corrected chi connectivity index (χ2v) is 6.60. The zero-order valence-electron chi connectivity index (χ0n) is 13.0. The lowest BCUT2D eigenvalue weighted by atomic mass is 9.79. The van der Waals surface area contributed by atoms with Crippen LogP contribution in [0.5, 0.6) is 0 Å². The first kappa shape index (κ1) is 15.9. The van der Waals surface area contributed by atoms with Crippen LogP contribution in [0, 0.1) is 5.41 Å². The van der Waals surface area contributed by atoms with E-state index in [0.29, 0.717) is 38.3 Å². The van der Waals surface area contributed by atoms with Crippen molar-refractivity contribution < 1.29 is 9.53 Å². The van der Waals surface area contributed by atoms with Crippen molar-refractivity contribution in [3.8, 4) is 0 Å². The Bertz CT molecular complexity index is 487. The van der Waals surface area contributed by atoms with E-state index in [9.17, 15) is 4.79 Å². The van der Waals surface area contributed by atoms with Crippen LogP contribution in [0.15, 0.2) is 12.4 Å². The second-order valence-electron chi connectivity index (χ2n) is 6.60. The van der Waals surface area contributed by atoms with E-state index >= 15 is 0 Å². The molecule has 0 spiro atoms. The summed E-state index contributed by atoms with van der Waals surface area (Å²) in [5.41, 5.74) is 5.78. The maximum Gasteiger partial charge on any atom is 0.232 e. The molecule has 0 radical (unpaired) electrons. The number of ether oxygens (including phenoxy) is 1. The fourth-order valence-electron chi connectivity index (χ4n) is 2.33. The van der Waals surface area contributed by atoms with Crippen LogP contribution in [0.2, 0.25) is 0 Å². The number of aromatic nitrogens is 2. The van der Waals surface area contributed by atoms with Crippen molar-refractivity contribution in [3.05, 3.63) is 18.2 Å². The van der Waals surface area contributed by atoms with Gasteiger partial charge in [0.2, 0.25) is 5.91 Å². The van der Waals surface area contributed by atoms with Crippen molar-refractivity contribution in [2.24, 2.45) is 11.1 Å². The molecule has 1 aromatic rings. The maximum absolute atomic E-state index is 12.5. The van der Waals surface area contributed by atoms with Crippen LogP contribution >= 0.6 is 0 Å². The fourth-order valence-corrected chi connectivity index (χ4v) is 2.33. The molecule has 116 valence electrons. The lowest BCUT2D eigenvalue weighted by molar-refractivity contribution is -0.130. The molecule has 1 amide bonds. The van der Waals surface area contributed by atoms with E-state index in [-0.39, 0.29) is 11.3 Å². The molecule has 1 aliphatic heterocycles. The van der Waals surface area contributed by atoms with Gasteiger partial charge in [-0.1, -0.05) is 20.8 Å². The normalized spacial score (nSPS) is 18.3. The summed E-state index contributed by atoms with van der Waals surface area (Å²) in [6, 6.07) is 0. The van der Waals surface area contributed by atoms with Crippen molar-refractivity contribution in [2.75, 3.05) is 25.1 Å². The molecule has 2 rings (SSSR count). The summed E-state index contributed by atoms with van der Waals surface area (Å²) in [5, 5.41) is 2.88. The molecule has 1 aliphatic rings. The van der Waals surface area contributed by atoms with Crippen molar-refractivity contribution in [3.63, 3.8) is 0 Å². The van der Waals surface area contributed by atoms with Crippen LogP contribution < -0.4 is 11.1 Å². The minimum absolute atomic E-state index is 0.0691. The van der Waals surface area contributed by atoms with Gasteiger partial charge in [0.1, 0.15) is 5.82 Å². The van der Waals surface area contributed by atoms with Gasteiger partial charge in [-0.05, 0) is 12.8 Å². The molecule has 6 heteroatoms. The Morgan fingerprint density at radius 2 is 1.90 bits per heavy atom. The Labute approximate surface area is 125 Å². The highest BCUT2D eigenvalue weighted by Crippen LogP contribution is 2.30. The predicted octanol–water partition coefficient (Wildman–Crippen LogP) is 1.47. The van der Waals surface area contributed by atoms with Gasteiger partial charge in [0.25, 0.3) is 0 Å². The van der Waals surface area contributed by atoms with E-state index in [0.717, 1.165) is 5.82 Å². The molecule has 1 aromatic heterocycles. The Kier molecular flexibility index (Phi) is 4.58. The Hall–Kier alpha value is -1.53. The number of nitrogens with one attached hydrogen (secondary N) is 1. The van der Waals surface area contributed by atoms with Gasteiger partial charge >= 0.3 is 0 Å². The topological polar surface area (TPSA) is 90.1 Å². The monoisotopic (exact) mass is 292 g/mol. The molecular formula is C15H24N4O2. The summed E-state index contributed by atoms with van der Waals surface area (Å²) in [5.74, 6) is 0.681. The van der Waals surface area contributed by atoms with E-state index in [2.05, 4.69) is 15.3 Å². The first-order chi connectivity index (χ1) is 9.87. The molecule has 0 aliphatic carbocycles. The third-order valence-corrected chi connectivity index (χ3v) is 3.90. The summed E-state index contributed by atoms with van der Waals surface area (Å²) in [6.45, 7) is 7.61. The molecule has 2 heterocycles. The van der Waals surface area contributed by atoms with Gasteiger partial charge in [-0.3, -0.25) is 4.79 Å². The molecule has 6 nitrogen and oxygen atoms in total. The summed E-state index contributed by atoms with van der Waals surface area (Å²) >= 11 is 0. The van der Waals surface area contributed by atoms with E-state index in [4.69, 9.17) is 10.5 Å². The van der Waals surface area contributed by atoms with Crippen molar-refractivity contribution in [2.45, 2.75) is 39.0 Å². The van der Waals surface area contributed by atoms with Crippen LogP contribution in [0.1, 0.15) is 39.4 Å². The number of carbonyl (C=O) groups excluding carboxylic acids is 1. The minimum Gasteiger partial charge on any atom is -0.381 e. The summed E-state index contributed by atoms with van der Waals surface area (Å²) in [6.07, 6.45) is 4.59. The fraction of sp³-hybridized carbons (Fsp3) is 0.667. The molecular weight excluding hydrogens is 268 g/mol. The molecule has 0 bridgehead atoms. The Morgan fingerprint density at radius 1 is 1.33 bits per heavy atom. The average Bonchev–Trinajstić information content (AvgIpc) is 2.47. The van der Waals surface area contributed by atoms with Gasteiger partial charge in [-0.25, -0.2) is 9.97 Å². The smallest absolute Gasteiger partial charge is 0.232 e. The van der Waals surface area contributed by atoms with Crippen LogP contribution in [0.3, 0.4) is 0 Å². The van der Waals surface area contributed by atoms with E-state index < -0.39 is 5.41 Å². The quantitative estimate of drug-likeness (QED) is 0.880. The highest BCUT2D eigenvalue weighted by atomic mass is 16.5. The largest absolute Gasteiger partial charge is 0.381 e. The summed E-state index contributed by atoms with van der Waals surface area (Å²) < 4.78 is 5.32. The summed E-state index contributed by atoms with van der Waals surface area (Å²) in [7, 11) is 0. The molecule has 0 unspecified atom stereocenters. The van der Waals surface area contributed by atoms with Gasteiger partial charge in [-0.2, -0.15) is 0 Å². The molecule has 1 saturated heterocycles. The molecule has 1 fully saturated rings. The van der Waals surface area contributed by atoms with Crippen LogP contribution in [-0.2, 0) is 14.9 Å². The lowest BCUT2D eigenvalue weighted by Gasteiger charge is -2.34. The van der Waals surface area contributed by atoms with E-state index in [1.807, 2.05) is 20.8 Å². The van der Waals surface area contributed by atoms with E-state index in [1.165, 1.54) is 0 Å². The molecule has 3 N–H and O–H groups in total. The highest BCUT2D eigenvalue weighted by Gasteiger charge is 2.38. The number of carbonyl (C=O) groups is 1. The lowest BCUT2D eigenvalue weighted by Crippen LogP contribution is -2.46. The van der Waals surface area contributed by atoms with Crippen LogP contribution in [-0.4, -0.2) is 35.6 Å². The number of nitrogens with zero attached hydrogens (tertiary/aromatic N) is 2. The van der Waals surface area contributed by atoms with Crippen molar-refractivity contribution in [1.29, 1.82) is 0 Å². The highest BCUT2D eigenvalue weighted by molar-refractivity contribution is 5.95. The van der Waals surface area contributed by atoms with Crippen LogP contribution in [0.25, 0.3) is 0 Å². The number of hydrogen-bond donors (Lipinski definition) is 2. The van der Waals surface area contributed by atoms with Crippen LogP contribution in [0.4, 0.5) is 5.69 Å². The summed E-state index contributed by atoms with van der Waals surface area (Å²) in [4.78, 5) is 21.1. The van der Waals surface area contributed by atoms with Gasteiger partial charge in [-0.15, -0.1) is 0 Å². The van der Waals surface area contributed by atoms with E-state index in [1.54, 1.807) is 12.4 Å². The number of nitrogens with two attached hydrogens (primary N) is 1. The van der Waals surface area contributed by atoms with Gasteiger partial charge in [0.15, 0.2) is 0 Å². The SMILES string of the molecule is CC(C)(C)c1ncc(NC(=O)C2(CN)CCOCC2)cn1. The first-order valence-corrected chi connectivity index (χ1v) is 7.29. The van der Waals surface area contributed by atoms with Crippen molar-refractivity contribution >= 4 is 11.6 Å². The second kappa shape index (κ2) is 6.07. The third-order valence-electron chi connectivity index (χ3n) is 3.90. The number of rotatable bonds is 3. The molecule has 0 aromatic carbocycles. The number of hydrogen-bond acceptors (Lipinski definition) is 5. The average molecular weight is 292 g/mol. The van der Waals surface area contributed by atoms with Gasteiger partial charge in [0, 0.05) is 25.2 Å². The maximum atomic E-state index is 12.5. The standard InChI is InChI=1S/C15H24N4O2/c1-14(2,3)12-17-8-11(9-18-12)19-13(20)15(10-16)4-6-21-7-5-15/h8-9H,4-7,10,16H2,1-3H3,(H,19,20). The molecule has 0 saturated carbocycles. The zero-order valence-corrected chi connectivity index (χ0v) is 13.0. The number of anilines is 1. The predicted molar refractivity (Wildman–Crippen MR) is 80.9 cm³/mol. The minimum atomic E-state index is -0.541. The molecule has 21 heavy (non-hydrogen) atoms. The van der Waals surface area contributed by atoms with Crippen molar-refractivity contribution in [1.82, 2.24) is 9.97 Å². The molecule has 0 atom stereocenters. The first-order valence-electron chi connectivity index (χ1n) is 7.29. The third kappa shape index (κ3) is 3.57. The van der Waals surface area contributed by atoms with Gasteiger partial charge in [0.05, 0.1) is 23.5 Å². The number of amides is 1.